The van der Waals surface area contributed by atoms with Crippen molar-refractivity contribution in [1.29, 1.82) is 0 Å². The normalized spacial score (nSPS) is 21.1. The molecule has 2 amide bonds. The fourth-order valence-electron chi connectivity index (χ4n) is 4.16. The summed E-state index contributed by atoms with van der Waals surface area (Å²) in [4.78, 5) is 28.1. The molecule has 1 atom stereocenters. The number of nitrogens with one attached hydrogen (secondary N) is 1. The van der Waals surface area contributed by atoms with Gasteiger partial charge in [0, 0.05) is 10.0 Å². The van der Waals surface area contributed by atoms with Gasteiger partial charge in [-0.3, -0.25) is 9.59 Å². The molecule has 0 spiro atoms. The van der Waals surface area contributed by atoms with Crippen LogP contribution in [0.1, 0.15) is 12.0 Å². The number of sulfonamides is 1. The van der Waals surface area contributed by atoms with Crippen molar-refractivity contribution in [3.8, 4) is 0 Å². The number of hydrogen-bond donors (Lipinski definition) is 1. The number of carbonyl (C=O) groups excluding carboxylic acids is 2. The van der Waals surface area contributed by atoms with Crippen molar-refractivity contribution < 1.29 is 22.9 Å². The molecule has 0 saturated carbocycles. The van der Waals surface area contributed by atoms with Gasteiger partial charge < -0.3 is 4.90 Å². The molecule has 164 valence electrons. The summed E-state index contributed by atoms with van der Waals surface area (Å²) in [7, 11) is -3.63. The van der Waals surface area contributed by atoms with Crippen LogP contribution in [0.4, 0.5) is 5.69 Å². The Balaban J connectivity index is 1.47. The molecule has 2 fully saturated rings. The second-order valence-corrected chi connectivity index (χ2v) is 10.5. The van der Waals surface area contributed by atoms with E-state index in [1.54, 1.807) is 37.3 Å². The second kappa shape index (κ2) is 8.52. The van der Waals surface area contributed by atoms with E-state index in [1.807, 2.05) is 0 Å². The number of hydrogen-bond acceptors (Lipinski definition) is 4. The maximum Gasteiger partial charge on any atom is 0.292 e. The lowest BCUT2D eigenvalue weighted by molar-refractivity contribution is -0.918. The molecule has 0 bridgehead atoms. The lowest BCUT2D eigenvalue weighted by atomic mass is 10.1. The lowest BCUT2D eigenvalue weighted by Gasteiger charge is -2.33. The van der Waals surface area contributed by atoms with Crippen LogP contribution >= 0.6 is 23.2 Å². The van der Waals surface area contributed by atoms with E-state index in [9.17, 15) is 18.0 Å². The molecule has 2 aliphatic rings. The van der Waals surface area contributed by atoms with E-state index in [0.717, 1.165) is 4.90 Å². The summed E-state index contributed by atoms with van der Waals surface area (Å²) in [6, 6.07) is 10.7. The van der Waals surface area contributed by atoms with Crippen LogP contribution in [0.2, 0.25) is 10.0 Å². The first kappa shape index (κ1) is 22.2. The molecule has 0 aliphatic carbocycles. The van der Waals surface area contributed by atoms with Gasteiger partial charge in [0.25, 0.3) is 5.91 Å². The van der Waals surface area contributed by atoms with Crippen molar-refractivity contribution in [3.05, 3.63) is 58.1 Å². The zero-order valence-electron chi connectivity index (χ0n) is 16.8. The monoisotopic (exact) mass is 482 g/mol. The molecule has 0 radical (unpaired) electrons. The Kier molecular flexibility index (Phi) is 6.11. The first-order chi connectivity index (χ1) is 14.7. The average molecular weight is 483 g/mol. The van der Waals surface area contributed by atoms with E-state index in [1.165, 1.54) is 21.3 Å². The van der Waals surface area contributed by atoms with Gasteiger partial charge in [0.2, 0.25) is 15.9 Å². The average Bonchev–Trinajstić information content (AvgIpc) is 3.04. The highest BCUT2D eigenvalue weighted by Gasteiger charge is 2.47. The zero-order valence-corrected chi connectivity index (χ0v) is 19.2. The fraction of sp³-hybridized carbons (Fsp3) is 0.333. The molecule has 2 aromatic rings. The lowest BCUT2D eigenvalue weighted by Crippen LogP contribution is -3.19. The topological polar surface area (TPSA) is 79.2 Å². The Hall–Kier alpha value is -1.97. The number of quaternary nitrogens is 1. The largest absolute Gasteiger partial charge is 0.322 e. The fourth-order valence-corrected chi connectivity index (χ4v) is 5.90. The van der Waals surface area contributed by atoms with Gasteiger partial charge in [-0.1, -0.05) is 29.3 Å². The van der Waals surface area contributed by atoms with Crippen LogP contribution in [0.25, 0.3) is 0 Å². The van der Waals surface area contributed by atoms with Crippen molar-refractivity contribution >= 4 is 50.7 Å². The molecule has 2 aromatic carbocycles. The summed E-state index contributed by atoms with van der Waals surface area (Å²) >= 11 is 12.0. The maximum atomic E-state index is 13.1. The van der Waals surface area contributed by atoms with Gasteiger partial charge in [0.15, 0.2) is 6.04 Å². The predicted octanol–water partition coefficient (Wildman–Crippen LogP) is 1.52. The summed E-state index contributed by atoms with van der Waals surface area (Å²) in [5.41, 5.74) is 1.19. The van der Waals surface area contributed by atoms with Crippen LogP contribution in [0.15, 0.2) is 47.4 Å². The van der Waals surface area contributed by atoms with Crippen LogP contribution in [-0.2, 0) is 19.6 Å². The maximum absolute atomic E-state index is 13.1. The number of imide groups is 1. The Bertz CT molecular complexity index is 1130. The second-order valence-electron chi connectivity index (χ2n) is 7.72. The van der Waals surface area contributed by atoms with Crippen LogP contribution < -0.4 is 9.80 Å². The predicted molar refractivity (Wildman–Crippen MR) is 118 cm³/mol. The number of rotatable bonds is 4. The van der Waals surface area contributed by atoms with E-state index >= 15 is 0 Å². The summed E-state index contributed by atoms with van der Waals surface area (Å²) in [5.74, 6) is -0.525. The minimum atomic E-state index is -3.63. The highest BCUT2D eigenvalue weighted by molar-refractivity contribution is 7.89. The summed E-state index contributed by atoms with van der Waals surface area (Å²) < 4.78 is 27.2. The van der Waals surface area contributed by atoms with Gasteiger partial charge in [-0.2, -0.15) is 4.31 Å². The SMILES string of the molecule is Cc1c(Cl)cccc1N1C(=O)C[C@@H]([NH+]2CCN(S(=O)(=O)c3ccc(Cl)cc3)CC2)C1=O. The third-order valence-electron chi connectivity index (χ3n) is 5.94. The summed E-state index contributed by atoms with van der Waals surface area (Å²) in [6.45, 7) is 3.21. The Morgan fingerprint density at radius 3 is 2.29 bits per heavy atom. The number of amides is 2. The van der Waals surface area contributed by atoms with E-state index < -0.39 is 16.1 Å². The molecule has 0 unspecified atom stereocenters. The van der Waals surface area contributed by atoms with Crippen molar-refractivity contribution in [2.75, 3.05) is 31.1 Å². The molecule has 2 heterocycles. The molecule has 2 saturated heterocycles. The van der Waals surface area contributed by atoms with Crippen LogP contribution in [0.3, 0.4) is 0 Å². The highest BCUT2D eigenvalue weighted by atomic mass is 35.5. The highest BCUT2D eigenvalue weighted by Crippen LogP contribution is 2.30. The Morgan fingerprint density at radius 1 is 1.00 bits per heavy atom. The zero-order chi connectivity index (χ0) is 22.3. The van der Waals surface area contributed by atoms with E-state index in [2.05, 4.69) is 0 Å². The third-order valence-corrected chi connectivity index (χ3v) is 8.51. The molecule has 2 aliphatic heterocycles. The number of benzene rings is 2. The van der Waals surface area contributed by atoms with Gasteiger partial charge in [-0.05, 0) is 48.9 Å². The van der Waals surface area contributed by atoms with E-state index in [4.69, 9.17) is 23.2 Å². The number of halogens is 2. The number of nitrogens with zero attached hydrogens (tertiary/aromatic N) is 2. The number of carbonyl (C=O) groups is 2. The smallest absolute Gasteiger partial charge is 0.292 e. The van der Waals surface area contributed by atoms with Gasteiger partial charge in [0.1, 0.15) is 0 Å². The summed E-state index contributed by atoms with van der Waals surface area (Å²) in [6.07, 6.45) is 0.101. The summed E-state index contributed by atoms with van der Waals surface area (Å²) in [5, 5.41) is 0.965. The quantitative estimate of drug-likeness (QED) is 0.670. The molecule has 7 nitrogen and oxygen atoms in total. The molecule has 0 aromatic heterocycles. The number of piperazine rings is 1. The first-order valence-corrected chi connectivity index (χ1v) is 12.1. The van der Waals surface area contributed by atoms with E-state index in [0.29, 0.717) is 34.4 Å². The number of anilines is 1. The minimum absolute atomic E-state index is 0.101. The van der Waals surface area contributed by atoms with Crippen molar-refractivity contribution in [3.63, 3.8) is 0 Å². The van der Waals surface area contributed by atoms with Crippen molar-refractivity contribution in [2.24, 2.45) is 0 Å². The Morgan fingerprint density at radius 2 is 1.65 bits per heavy atom. The standard InChI is InChI=1S/C21H21Cl2N3O4S/c1-14-17(23)3-2-4-18(14)26-20(27)13-19(21(26)28)24-9-11-25(12-10-24)31(29,30)16-7-5-15(22)6-8-16/h2-8,19H,9-13H2,1H3/p+1/t19-/m1/s1. The molecule has 1 N–H and O–H groups in total. The van der Waals surface area contributed by atoms with Crippen LogP contribution in [0.5, 0.6) is 0 Å². The Labute approximate surface area is 191 Å². The van der Waals surface area contributed by atoms with Gasteiger partial charge >= 0.3 is 0 Å². The van der Waals surface area contributed by atoms with Crippen LogP contribution in [0, 0.1) is 6.92 Å². The van der Waals surface area contributed by atoms with Crippen LogP contribution in [-0.4, -0.2) is 56.8 Å². The van der Waals surface area contributed by atoms with Crippen molar-refractivity contribution in [2.45, 2.75) is 24.3 Å². The first-order valence-electron chi connectivity index (χ1n) is 9.92. The molecular weight excluding hydrogens is 461 g/mol. The van der Waals surface area contributed by atoms with Gasteiger partial charge in [-0.25, -0.2) is 13.3 Å². The van der Waals surface area contributed by atoms with Gasteiger partial charge in [0.05, 0.1) is 43.2 Å². The molecule has 4 rings (SSSR count). The molecule has 10 heteroatoms. The van der Waals surface area contributed by atoms with Crippen molar-refractivity contribution in [1.82, 2.24) is 4.31 Å². The molecule has 31 heavy (non-hydrogen) atoms. The van der Waals surface area contributed by atoms with Gasteiger partial charge in [-0.15, -0.1) is 0 Å². The third kappa shape index (κ3) is 4.10. The molecular formula is C21H22Cl2N3O4S+. The minimum Gasteiger partial charge on any atom is -0.322 e. The van der Waals surface area contributed by atoms with E-state index in [-0.39, 0.29) is 36.2 Å².